The molecule has 2 aliphatic heterocycles. The first kappa shape index (κ1) is 17.9. The van der Waals surface area contributed by atoms with E-state index in [1.165, 1.54) is 12.7 Å². The van der Waals surface area contributed by atoms with Crippen molar-refractivity contribution in [3.63, 3.8) is 0 Å². The Bertz CT molecular complexity index is 651. The number of benzene rings is 1. The van der Waals surface area contributed by atoms with Crippen LogP contribution in [0.1, 0.15) is 23.6 Å². The number of aliphatic hydroxyl groups is 1. The van der Waals surface area contributed by atoms with Crippen LogP contribution in [0.4, 0.5) is 0 Å². The molecule has 2 heterocycles. The molecular weight excluding hydrogens is 322 g/mol. The van der Waals surface area contributed by atoms with Gasteiger partial charge in [-0.15, -0.1) is 0 Å². The quantitative estimate of drug-likeness (QED) is 0.842. The van der Waals surface area contributed by atoms with Crippen LogP contribution in [0, 0.1) is 6.92 Å². The molecule has 2 atom stereocenters. The standard InChI is InChI=1S/C19H25NO5/c1-13-5-3-4-6-14(13)18(17-12-24-9-10-25-17)20-8-7-16(21)15(11-20)19(22)23-2/h3-6,17-18,21H,7-12H2,1-2H3. The summed E-state index contributed by atoms with van der Waals surface area (Å²) in [6.45, 7) is 4.72. The highest BCUT2D eigenvalue weighted by atomic mass is 16.6. The van der Waals surface area contributed by atoms with Crippen LogP contribution in [0.3, 0.4) is 0 Å². The Hall–Kier alpha value is -1.89. The minimum Gasteiger partial charge on any atom is -0.512 e. The Balaban J connectivity index is 1.92. The van der Waals surface area contributed by atoms with E-state index in [1.807, 2.05) is 12.1 Å². The summed E-state index contributed by atoms with van der Waals surface area (Å²) < 4.78 is 16.4. The first-order chi connectivity index (χ1) is 12.1. The SMILES string of the molecule is COC(=O)C1=C(O)CCN(C(c2ccccc2C)C2COCCO2)C1. The van der Waals surface area contributed by atoms with Crippen LogP contribution in [0.2, 0.25) is 0 Å². The molecule has 0 amide bonds. The van der Waals surface area contributed by atoms with Gasteiger partial charge in [0.1, 0.15) is 11.9 Å². The van der Waals surface area contributed by atoms with Crippen molar-refractivity contribution in [1.29, 1.82) is 0 Å². The molecule has 1 aromatic rings. The normalized spacial score (nSPS) is 23.4. The number of rotatable bonds is 4. The molecule has 1 saturated heterocycles. The lowest BCUT2D eigenvalue weighted by molar-refractivity contribution is -0.138. The van der Waals surface area contributed by atoms with Crippen LogP contribution in [0.15, 0.2) is 35.6 Å². The van der Waals surface area contributed by atoms with Gasteiger partial charge in [0.15, 0.2) is 0 Å². The number of carbonyl (C=O) groups excluding carboxylic acids is 1. The highest BCUT2D eigenvalue weighted by Crippen LogP contribution is 2.33. The Labute approximate surface area is 148 Å². The summed E-state index contributed by atoms with van der Waals surface area (Å²) in [4.78, 5) is 14.2. The molecule has 25 heavy (non-hydrogen) atoms. The molecule has 2 aliphatic rings. The lowest BCUT2D eigenvalue weighted by Crippen LogP contribution is -2.46. The lowest BCUT2D eigenvalue weighted by atomic mass is 9.93. The van der Waals surface area contributed by atoms with Crippen LogP contribution in [0.25, 0.3) is 0 Å². The smallest absolute Gasteiger partial charge is 0.338 e. The van der Waals surface area contributed by atoms with Gasteiger partial charge in [0.05, 0.1) is 38.5 Å². The molecule has 0 radical (unpaired) electrons. The molecule has 0 aliphatic carbocycles. The fraction of sp³-hybridized carbons (Fsp3) is 0.526. The molecule has 2 unspecified atom stereocenters. The molecule has 0 bridgehead atoms. The molecule has 1 aromatic carbocycles. The summed E-state index contributed by atoms with van der Waals surface area (Å²) in [6, 6.07) is 8.14. The third-order valence-electron chi connectivity index (χ3n) is 4.87. The van der Waals surface area contributed by atoms with Gasteiger partial charge >= 0.3 is 5.97 Å². The fourth-order valence-corrected chi connectivity index (χ4v) is 3.56. The predicted molar refractivity (Wildman–Crippen MR) is 92.3 cm³/mol. The largest absolute Gasteiger partial charge is 0.512 e. The number of hydrogen-bond donors (Lipinski definition) is 1. The van der Waals surface area contributed by atoms with Gasteiger partial charge in [0.2, 0.25) is 0 Å². The van der Waals surface area contributed by atoms with Crippen LogP contribution < -0.4 is 0 Å². The second kappa shape index (κ2) is 7.99. The van der Waals surface area contributed by atoms with E-state index in [0.717, 1.165) is 5.56 Å². The number of aliphatic hydroxyl groups excluding tert-OH is 1. The van der Waals surface area contributed by atoms with E-state index in [4.69, 9.17) is 14.2 Å². The number of methoxy groups -OCH3 is 1. The topological polar surface area (TPSA) is 68.2 Å². The van der Waals surface area contributed by atoms with Gasteiger partial charge in [-0.05, 0) is 18.1 Å². The summed E-state index contributed by atoms with van der Waals surface area (Å²) in [6.07, 6.45) is 0.300. The molecular formula is C19H25NO5. The molecule has 0 spiro atoms. The van der Waals surface area contributed by atoms with E-state index < -0.39 is 5.97 Å². The summed E-state index contributed by atoms with van der Waals surface area (Å²) in [7, 11) is 1.33. The van der Waals surface area contributed by atoms with Gasteiger partial charge in [-0.1, -0.05) is 24.3 Å². The van der Waals surface area contributed by atoms with Crippen LogP contribution in [-0.4, -0.2) is 62.1 Å². The van der Waals surface area contributed by atoms with Crippen molar-refractivity contribution in [2.75, 3.05) is 40.0 Å². The molecule has 6 nitrogen and oxygen atoms in total. The van der Waals surface area contributed by atoms with Crippen LogP contribution >= 0.6 is 0 Å². The number of carbonyl (C=O) groups is 1. The molecule has 0 aromatic heterocycles. The van der Waals surface area contributed by atoms with E-state index in [0.29, 0.717) is 44.9 Å². The Morgan fingerprint density at radius 1 is 1.36 bits per heavy atom. The maximum Gasteiger partial charge on any atom is 0.338 e. The number of aryl methyl sites for hydroxylation is 1. The summed E-state index contributed by atoms with van der Waals surface area (Å²) in [5.74, 6) is -0.362. The molecule has 1 fully saturated rings. The van der Waals surface area contributed by atoms with Crippen molar-refractivity contribution >= 4 is 5.97 Å². The van der Waals surface area contributed by atoms with Gasteiger partial charge in [0.25, 0.3) is 0 Å². The Morgan fingerprint density at radius 3 is 2.84 bits per heavy atom. The summed E-state index contributed by atoms with van der Waals surface area (Å²) in [5, 5.41) is 10.1. The number of nitrogens with zero attached hydrogens (tertiary/aromatic N) is 1. The molecule has 136 valence electrons. The average Bonchev–Trinajstić information content (AvgIpc) is 2.65. The molecule has 0 saturated carbocycles. The van der Waals surface area contributed by atoms with Crippen molar-refractivity contribution in [2.24, 2.45) is 0 Å². The van der Waals surface area contributed by atoms with Crippen LogP contribution in [0.5, 0.6) is 0 Å². The van der Waals surface area contributed by atoms with Gasteiger partial charge < -0.3 is 19.3 Å². The van der Waals surface area contributed by atoms with E-state index in [9.17, 15) is 9.90 Å². The summed E-state index contributed by atoms with van der Waals surface area (Å²) >= 11 is 0. The summed E-state index contributed by atoms with van der Waals surface area (Å²) in [5.41, 5.74) is 2.65. The number of hydrogen-bond acceptors (Lipinski definition) is 6. The van der Waals surface area contributed by atoms with Crippen molar-refractivity contribution in [2.45, 2.75) is 25.5 Å². The minimum absolute atomic E-state index is 0.0470. The molecule has 1 N–H and O–H groups in total. The van der Waals surface area contributed by atoms with Gasteiger partial charge in [-0.25, -0.2) is 4.79 Å². The first-order valence-corrected chi connectivity index (χ1v) is 8.60. The second-order valence-electron chi connectivity index (χ2n) is 6.42. The van der Waals surface area contributed by atoms with Gasteiger partial charge in [-0.3, -0.25) is 4.90 Å². The highest BCUT2D eigenvalue weighted by molar-refractivity contribution is 5.89. The van der Waals surface area contributed by atoms with Crippen LogP contribution in [-0.2, 0) is 19.0 Å². The van der Waals surface area contributed by atoms with Crippen molar-refractivity contribution < 1.29 is 24.1 Å². The van der Waals surface area contributed by atoms with E-state index in [-0.39, 0.29) is 17.9 Å². The van der Waals surface area contributed by atoms with E-state index in [2.05, 4.69) is 24.0 Å². The Kier molecular flexibility index (Phi) is 5.73. The Morgan fingerprint density at radius 2 is 2.16 bits per heavy atom. The predicted octanol–water partition coefficient (Wildman–Crippen LogP) is 2.14. The maximum absolute atomic E-state index is 12.0. The minimum atomic E-state index is -0.480. The third-order valence-corrected chi connectivity index (χ3v) is 4.87. The zero-order valence-corrected chi connectivity index (χ0v) is 14.7. The van der Waals surface area contributed by atoms with Gasteiger partial charge in [0, 0.05) is 19.5 Å². The number of esters is 1. The lowest BCUT2D eigenvalue weighted by Gasteiger charge is -2.41. The second-order valence-corrected chi connectivity index (χ2v) is 6.42. The van der Waals surface area contributed by atoms with Crippen molar-refractivity contribution in [3.8, 4) is 0 Å². The first-order valence-electron chi connectivity index (χ1n) is 8.60. The zero-order valence-electron chi connectivity index (χ0n) is 14.7. The van der Waals surface area contributed by atoms with Crippen molar-refractivity contribution in [1.82, 2.24) is 4.90 Å². The van der Waals surface area contributed by atoms with E-state index in [1.54, 1.807) is 0 Å². The zero-order chi connectivity index (χ0) is 17.8. The number of ether oxygens (including phenoxy) is 3. The molecule has 6 heteroatoms. The third kappa shape index (κ3) is 3.86. The van der Waals surface area contributed by atoms with Gasteiger partial charge in [-0.2, -0.15) is 0 Å². The molecule has 3 rings (SSSR count). The fourth-order valence-electron chi connectivity index (χ4n) is 3.56. The van der Waals surface area contributed by atoms with Crippen molar-refractivity contribution in [3.05, 3.63) is 46.7 Å². The highest BCUT2D eigenvalue weighted by Gasteiger charge is 2.36. The monoisotopic (exact) mass is 347 g/mol. The van der Waals surface area contributed by atoms with E-state index >= 15 is 0 Å². The maximum atomic E-state index is 12.0. The average molecular weight is 347 g/mol.